The smallest absolute Gasteiger partial charge is 0.0474 e. The molecule has 0 spiro atoms. The summed E-state index contributed by atoms with van der Waals surface area (Å²) in [6.45, 7) is 35.7. The van der Waals surface area contributed by atoms with Gasteiger partial charge < -0.3 is 4.90 Å². The van der Waals surface area contributed by atoms with Gasteiger partial charge in [0.25, 0.3) is 0 Å². The summed E-state index contributed by atoms with van der Waals surface area (Å²) in [7, 11) is 0. The van der Waals surface area contributed by atoms with Crippen LogP contribution in [0.1, 0.15) is 158 Å². The third-order valence-electron chi connectivity index (χ3n) is 19.0. The Balaban J connectivity index is 1.05. The van der Waals surface area contributed by atoms with Crippen molar-refractivity contribution in [3.05, 3.63) is 231 Å². The number of hydrogen-bond acceptors (Lipinski definition) is 1. The van der Waals surface area contributed by atoms with Crippen LogP contribution in [0, 0.1) is 6.92 Å². The number of rotatable bonds is 5. The Morgan fingerprint density at radius 2 is 0.579 bits per heavy atom. The highest BCUT2D eigenvalue weighted by Gasteiger charge is 2.41. The van der Waals surface area contributed by atoms with Crippen molar-refractivity contribution in [1.29, 1.82) is 0 Å². The van der Waals surface area contributed by atoms with Crippen molar-refractivity contribution in [2.75, 3.05) is 4.90 Å². The number of anilines is 3. The summed E-state index contributed by atoms with van der Waals surface area (Å²) in [5.41, 5.74) is 33.8. The summed E-state index contributed by atoms with van der Waals surface area (Å²) < 4.78 is 0. The molecule has 0 radical (unpaired) electrons. The summed E-state index contributed by atoms with van der Waals surface area (Å²) in [4.78, 5) is 2.58. The monoisotopic (exact) mass is 988 g/mol. The Morgan fingerprint density at radius 3 is 0.961 bits per heavy atom. The van der Waals surface area contributed by atoms with E-state index >= 15 is 0 Å². The molecule has 0 saturated heterocycles. The minimum atomic E-state index is -0.167. The fraction of sp³-hybridized carbons (Fsp3) is 0.280. The largest absolute Gasteiger partial charge is 0.310 e. The zero-order valence-electron chi connectivity index (χ0n) is 47.6. The summed E-state index contributed by atoms with van der Waals surface area (Å²) >= 11 is 0. The molecule has 0 unspecified atom stereocenters. The molecule has 0 aliphatic heterocycles. The van der Waals surface area contributed by atoms with E-state index < -0.39 is 0 Å². The molecule has 0 saturated carbocycles. The molecule has 1 nitrogen and oxygen atoms in total. The SMILES string of the molecule is Cc1c(-c2ccc3c(c2)C(C)(C)c2cc(C(C)(C)C)ccc2-3)cc(N(c2ccc3c(c2)C(C)(C)c2ccccc2-3)c2ccc3c(c2)C(C)(C)c2ccccc2-3)cc1-c1ccc2c(c1)C(C)(C)c1cc(C(C)(C)C)ccc1-2. The van der Waals surface area contributed by atoms with Gasteiger partial charge in [-0.05, 0) is 194 Å². The predicted molar refractivity (Wildman–Crippen MR) is 324 cm³/mol. The topological polar surface area (TPSA) is 3.24 Å². The maximum absolute atomic E-state index is 2.58. The van der Waals surface area contributed by atoms with Crippen LogP contribution in [0.5, 0.6) is 0 Å². The van der Waals surface area contributed by atoms with Gasteiger partial charge in [0.1, 0.15) is 0 Å². The van der Waals surface area contributed by atoms with Crippen molar-refractivity contribution in [2.45, 2.75) is 136 Å². The maximum atomic E-state index is 2.58. The highest BCUT2D eigenvalue weighted by Crippen LogP contribution is 2.57. The minimum absolute atomic E-state index is 0.0624. The van der Waals surface area contributed by atoms with Crippen molar-refractivity contribution in [3.63, 3.8) is 0 Å². The highest BCUT2D eigenvalue weighted by molar-refractivity contribution is 5.94. The molecule has 76 heavy (non-hydrogen) atoms. The molecule has 9 aromatic carbocycles. The number of benzene rings is 9. The standard InChI is InChI=1S/C75H73N/c1-44-60(45-24-30-54-56-32-26-47(70(2,3)4)38-66(56)74(12,13)64(54)36-45)40-51(41-61(44)46-25-31-55-57-33-27-48(71(5,6)7)39-67(57)75(14,15)65(55)37-46)76(49-28-34-58-52-20-16-18-22-62(52)72(8,9)68(58)42-49)50-29-35-59-53-21-17-19-23-63(53)73(10,11)69(59)43-50/h16-43H,1-15H3. The second kappa shape index (κ2) is 15.9. The van der Waals surface area contributed by atoms with Gasteiger partial charge in [0.15, 0.2) is 0 Å². The molecule has 0 atom stereocenters. The molecular formula is C75H73N. The van der Waals surface area contributed by atoms with Gasteiger partial charge >= 0.3 is 0 Å². The van der Waals surface area contributed by atoms with E-state index in [-0.39, 0.29) is 32.5 Å². The molecule has 1 heteroatoms. The van der Waals surface area contributed by atoms with Crippen LogP contribution in [0.3, 0.4) is 0 Å². The van der Waals surface area contributed by atoms with Crippen LogP contribution in [-0.2, 0) is 32.5 Å². The van der Waals surface area contributed by atoms with Crippen molar-refractivity contribution in [3.8, 4) is 66.8 Å². The van der Waals surface area contributed by atoms with E-state index in [1.807, 2.05) is 0 Å². The van der Waals surface area contributed by atoms with Crippen molar-refractivity contribution in [2.24, 2.45) is 0 Å². The minimum Gasteiger partial charge on any atom is -0.310 e. The molecule has 9 aromatic rings. The van der Waals surface area contributed by atoms with Gasteiger partial charge in [-0.1, -0.05) is 218 Å². The van der Waals surface area contributed by atoms with Crippen LogP contribution in [0.15, 0.2) is 170 Å². The van der Waals surface area contributed by atoms with Crippen LogP contribution in [0.25, 0.3) is 66.8 Å². The Kier molecular flexibility index (Phi) is 10.1. The fourth-order valence-corrected chi connectivity index (χ4v) is 14.3. The maximum Gasteiger partial charge on any atom is 0.0474 e. The second-order valence-electron chi connectivity index (χ2n) is 27.1. The van der Waals surface area contributed by atoms with Gasteiger partial charge in [0.2, 0.25) is 0 Å². The molecule has 4 aliphatic carbocycles. The molecule has 0 fully saturated rings. The second-order valence-corrected chi connectivity index (χ2v) is 27.1. The highest BCUT2D eigenvalue weighted by atomic mass is 15.1. The van der Waals surface area contributed by atoms with Gasteiger partial charge in [-0.3, -0.25) is 0 Å². The van der Waals surface area contributed by atoms with E-state index in [1.165, 1.54) is 128 Å². The molecule has 0 amide bonds. The molecule has 0 bridgehead atoms. The number of fused-ring (bicyclic) bond motifs is 12. The first-order valence-electron chi connectivity index (χ1n) is 27.9. The van der Waals surface area contributed by atoms with Gasteiger partial charge in [0.05, 0.1) is 0 Å². The van der Waals surface area contributed by atoms with E-state index in [1.54, 1.807) is 0 Å². The molecular weight excluding hydrogens is 915 g/mol. The first-order valence-corrected chi connectivity index (χ1v) is 27.9. The lowest BCUT2D eigenvalue weighted by atomic mass is 9.78. The van der Waals surface area contributed by atoms with Gasteiger partial charge in [0, 0.05) is 38.7 Å². The van der Waals surface area contributed by atoms with Crippen molar-refractivity contribution in [1.82, 2.24) is 0 Å². The fourth-order valence-electron chi connectivity index (χ4n) is 14.3. The van der Waals surface area contributed by atoms with E-state index in [9.17, 15) is 0 Å². The molecule has 378 valence electrons. The average Bonchev–Trinajstić information content (AvgIpc) is 4.05. The Bertz CT molecular complexity index is 3710. The Morgan fingerprint density at radius 1 is 0.276 bits per heavy atom. The van der Waals surface area contributed by atoms with Gasteiger partial charge in [-0.25, -0.2) is 0 Å². The van der Waals surface area contributed by atoms with Crippen molar-refractivity contribution >= 4 is 17.1 Å². The van der Waals surface area contributed by atoms with Crippen molar-refractivity contribution < 1.29 is 0 Å². The van der Waals surface area contributed by atoms with Crippen LogP contribution in [0.4, 0.5) is 17.1 Å². The van der Waals surface area contributed by atoms with Gasteiger partial charge in [-0.15, -0.1) is 0 Å². The lowest BCUT2D eigenvalue weighted by Crippen LogP contribution is -2.18. The Hall–Kier alpha value is -7.22. The zero-order chi connectivity index (χ0) is 53.4. The van der Waals surface area contributed by atoms with Crippen LogP contribution in [-0.4, -0.2) is 0 Å². The van der Waals surface area contributed by atoms with E-state index in [0.29, 0.717) is 0 Å². The van der Waals surface area contributed by atoms with Crippen LogP contribution in [0.2, 0.25) is 0 Å². The summed E-state index contributed by atoms with van der Waals surface area (Å²) in [5.74, 6) is 0. The van der Waals surface area contributed by atoms with E-state index in [2.05, 4.69) is 279 Å². The normalized spacial score (nSPS) is 16.2. The zero-order valence-corrected chi connectivity index (χ0v) is 47.6. The third-order valence-corrected chi connectivity index (χ3v) is 19.0. The van der Waals surface area contributed by atoms with Crippen LogP contribution < -0.4 is 4.90 Å². The quantitative estimate of drug-likeness (QED) is 0.166. The number of nitrogens with zero attached hydrogens (tertiary/aromatic N) is 1. The van der Waals surface area contributed by atoms with E-state index in [4.69, 9.17) is 0 Å². The molecule has 0 aromatic heterocycles. The molecule has 0 heterocycles. The lowest BCUT2D eigenvalue weighted by molar-refractivity contribution is 0.584. The predicted octanol–water partition coefficient (Wildman–Crippen LogP) is 20.6. The van der Waals surface area contributed by atoms with E-state index in [0.717, 1.165) is 17.1 Å². The summed E-state index contributed by atoms with van der Waals surface area (Å²) in [5, 5.41) is 0. The first-order chi connectivity index (χ1) is 35.9. The molecule has 13 rings (SSSR count). The summed E-state index contributed by atoms with van der Waals surface area (Å²) in [6, 6.07) is 66.8. The Labute approximate surface area is 453 Å². The lowest BCUT2D eigenvalue weighted by Gasteiger charge is -2.31. The molecule has 4 aliphatic rings. The summed E-state index contributed by atoms with van der Waals surface area (Å²) in [6.07, 6.45) is 0. The van der Waals surface area contributed by atoms with Gasteiger partial charge in [-0.2, -0.15) is 0 Å². The van der Waals surface area contributed by atoms with Crippen LogP contribution >= 0.6 is 0 Å². The molecule has 0 N–H and O–H groups in total. The third kappa shape index (κ3) is 6.89. The first kappa shape index (κ1) is 48.4. The number of hydrogen-bond donors (Lipinski definition) is 0. The average molecular weight is 988 g/mol.